The molecule has 1 saturated carbocycles. The number of benzene rings is 1. The maximum atomic E-state index is 10.7. The molecular formula is C24H42O4Si. The SMILES string of the molecule is CC(C)(C)[Si](C)(C)OC(CC1CCCCC1)C(OCc1ccccc1)C(O)CO. The molecule has 0 amide bonds. The summed E-state index contributed by atoms with van der Waals surface area (Å²) in [4.78, 5) is 0. The van der Waals surface area contributed by atoms with Crippen molar-refractivity contribution in [3.8, 4) is 0 Å². The lowest BCUT2D eigenvalue weighted by Crippen LogP contribution is -2.51. The second-order valence-corrected chi connectivity index (χ2v) is 14.9. The van der Waals surface area contributed by atoms with Gasteiger partial charge in [0, 0.05) is 0 Å². The Balaban J connectivity index is 2.21. The van der Waals surface area contributed by atoms with E-state index < -0.39 is 20.5 Å². The molecule has 0 aromatic heterocycles. The maximum Gasteiger partial charge on any atom is 0.192 e. The second kappa shape index (κ2) is 11.1. The largest absolute Gasteiger partial charge is 0.411 e. The summed E-state index contributed by atoms with van der Waals surface area (Å²) in [5, 5.41) is 20.5. The molecule has 0 saturated heterocycles. The number of rotatable bonds is 10. The van der Waals surface area contributed by atoms with Crippen molar-refractivity contribution in [1.29, 1.82) is 0 Å². The highest BCUT2D eigenvalue weighted by molar-refractivity contribution is 6.74. The molecule has 4 nitrogen and oxygen atoms in total. The molecule has 0 radical (unpaired) electrons. The molecule has 0 heterocycles. The third-order valence-electron chi connectivity index (χ3n) is 6.76. The Kier molecular flexibility index (Phi) is 9.36. The molecule has 0 spiro atoms. The van der Waals surface area contributed by atoms with E-state index in [1.54, 1.807) is 0 Å². The summed E-state index contributed by atoms with van der Waals surface area (Å²) >= 11 is 0. The van der Waals surface area contributed by atoms with Gasteiger partial charge in [0.15, 0.2) is 8.32 Å². The molecular weight excluding hydrogens is 380 g/mol. The van der Waals surface area contributed by atoms with E-state index in [1.807, 2.05) is 30.3 Å². The molecule has 5 heteroatoms. The summed E-state index contributed by atoms with van der Waals surface area (Å²) in [6, 6.07) is 10.0. The molecule has 1 aromatic rings. The minimum absolute atomic E-state index is 0.0754. The molecule has 0 aliphatic heterocycles. The highest BCUT2D eigenvalue weighted by Gasteiger charge is 2.43. The molecule has 166 valence electrons. The maximum absolute atomic E-state index is 10.7. The first-order valence-electron chi connectivity index (χ1n) is 11.3. The van der Waals surface area contributed by atoms with Gasteiger partial charge in [0.05, 0.1) is 19.3 Å². The predicted molar refractivity (Wildman–Crippen MR) is 121 cm³/mol. The van der Waals surface area contributed by atoms with Crippen molar-refractivity contribution in [3.05, 3.63) is 35.9 Å². The van der Waals surface area contributed by atoms with E-state index in [1.165, 1.54) is 32.1 Å². The Bertz CT molecular complexity index is 578. The van der Waals surface area contributed by atoms with Crippen molar-refractivity contribution in [2.24, 2.45) is 5.92 Å². The lowest BCUT2D eigenvalue weighted by Gasteiger charge is -2.43. The average molecular weight is 423 g/mol. The highest BCUT2D eigenvalue weighted by atomic mass is 28.4. The highest BCUT2D eigenvalue weighted by Crippen LogP contribution is 2.40. The van der Waals surface area contributed by atoms with Crippen molar-refractivity contribution in [2.45, 2.75) is 102 Å². The third kappa shape index (κ3) is 7.48. The first kappa shape index (κ1) is 24.5. The van der Waals surface area contributed by atoms with Gasteiger partial charge in [-0.25, -0.2) is 0 Å². The Hall–Kier alpha value is -0.723. The van der Waals surface area contributed by atoms with E-state index in [0.717, 1.165) is 12.0 Å². The van der Waals surface area contributed by atoms with Crippen LogP contribution in [0.25, 0.3) is 0 Å². The summed E-state index contributed by atoms with van der Waals surface area (Å²) < 4.78 is 13.1. The van der Waals surface area contributed by atoms with Crippen LogP contribution in [0.1, 0.15) is 64.9 Å². The van der Waals surface area contributed by atoms with Gasteiger partial charge in [-0.05, 0) is 36.0 Å². The van der Waals surface area contributed by atoms with Gasteiger partial charge in [-0.1, -0.05) is 83.2 Å². The monoisotopic (exact) mass is 422 g/mol. The average Bonchev–Trinajstić information content (AvgIpc) is 2.68. The van der Waals surface area contributed by atoms with Crippen LogP contribution in [-0.4, -0.2) is 43.4 Å². The number of hydrogen-bond acceptors (Lipinski definition) is 4. The molecule has 0 bridgehead atoms. The summed E-state index contributed by atoms with van der Waals surface area (Å²) in [6.45, 7) is 11.3. The van der Waals surface area contributed by atoms with Crippen molar-refractivity contribution < 1.29 is 19.4 Å². The van der Waals surface area contributed by atoms with Crippen LogP contribution in [-0.2, 0) is 15.8 Å². The van der Waals surface area contributed by atoms with Gasteiger partial charge >= 0.3 is 0 Å². The van der Waals surface area contributed by atoms with Crippen LogP contribution < -0.4 is 0 Å². The van der Waals surface area contributed by atoms with Crippen LogP contribution >= 0.6 is 0 Å². The fraction of sp³-hybridized carbons (Fsp3) is 0.750. The molecule has 3 unspecified atom stereocenters. The minimum Gasteiger partial charge on any atom is -0.411 e. The van der Waals surface area contributed by atoms with Crippen LogP contribution in [0.15, 0.2) is 30.3 Å². The Morgan fingerprint density at radius 1 is 1.07 bits per heavy atom. The molecule has 1 aliphatic carbocycles. The predicted octanol–water partition coefficient (Wildman–Crippen LogP) is 5.29. The van der Waals surface area contributed by atoms with Gasteiger partial charge in [0.1, 0.15) is 12.2 Å². The lowest BCUT2D eigenvalue weighted by molar-refractivity contribution is -0.120. The zero-order valence-electron chi connectivity index (χ0n) is 19.1. The van der Waals surface area contributed by atoms with Crippen molar-refractivity contribution in [2.75, 3.05) is 6.61 Å². The molecule has 1 aliphatic rings. The van der Waals surface area contributed by atoms with Gasteiger partial charge < -0.3 is 19.4 Å². The smallest absolute Gasteiger partial charge is 0.192 e. The van der Waals surface area contributed by atoms with Gasteiger partial charge in [0.2, 0.25) is 0 Å². The first-order valence-corrected chi connectivity index (χ1v) is 14.2. The standard InChI is InChI=1S/C24H42O4Si/c1-24(2,3)29(4,5)28-22(16-19-12-8-6-9-13-19)23(21(26)17-25)27-18-20-14-10-7-11-15-20/h7,10-11,14-15,19,21-23,25-26H,6,8-9,12-13,16-18H2,1-5H3. The lowest BCUT2D eigenvalue weighted by atomic mass is 9.84. The normalized spacial score (nSPS) is 19.7. The molecule has 1 aromatic carbocycles. The van der Waals surface area contributed by atoms with E-state index in [0.29, 0.717) is 12.5 Å². The van der Waals surface area contributed by atoms with Crippen LogP contribution in [0, 0.1) is 5.92 Å². The molecule has 1 fully saturated rings. The van der Waals surface area contributed by atoms with Crippen LogP contribution in [0.4, 0.5) is 0 Å². The first-order chi connectivity index (χ1) is 13.6. The van der Waals surface area contributed by atoms with Gasteiger partial charge in [-0.3, -0.25) is 0 Å². The van der Waals surface area contributed by atoms with Gasteiger partial charge in [0.25, 0.3) is 0 Å². The zero-order valence-corrected chi connectivity index (χ0v) is 20.1. The summed E-state index contributed by atoms with van der Waals surface area (Å²) in [6.07, 6.45) is 5.51. The molecule has 3 atom stereocenters. The summed E-state index contributed by atoms with van der Waals surface area (Å²) in [5.41, 5.74) is 1.06. The van der Waals surface area contributed by atoms with Crippen LogP contribution in [0.2, 0.25) is 18.1 Å². The van der Waals surface area contributed by atoms with Crippen molar-refractivity contribution in [3.63, 3.8) is 0 Å². The van der Waals surface area contributed by atoms with Crippen LogP contribution in [0.5, 0.6) is 0 Å². The quantitative estimate of drug-likeness (QED) is 0.503. The molecule has 2 N–H and O–H groups in total. The fourth-order valence-electron chi connectivity index (χ4n) is 3.89. The summed E-state index contributed by atoms with van der Waals surface area (Å²) in [7, 11) is -2.05. The number of hydrogen-bond donors (Lipinski definition) is 2. The molecule has 2 rings (SSSR count). The third-order valence-corrected chi connectivity index (χ3v) is 11.3. The Morgan fingerprint density at radius 3 is 2.24 bits per heavy atom. The zero-order chi connectivity index (χ0) is 21.5. The topological polar surface area (TPSA) is 58.9 Å². The van der Waals surface area contributed by atoms with E-state index in [9.17, 15) is 10.2 Å². The van der Waals surface area contributed by atoms with E-state index in [-0.39, 0.29) is 17.7 Å². The van der Waals surface area contributed by atoms with Gasteiger partial charge in [-0.2, -0.15) is 0 Å². The number of aliphatic hydroxyl groups excluding tert-OH is 2. The van der Waals surface area contributed by atoms with Gasteiger partial charge in [-0.15, -0.1) is 0 Å². The number of ether oxygens (including phenoxy) is 1. The van der Waals surface area contributed by atoms with E-state index in [4.69, 9.17) is 9.16 Å². The fourth-order valence-corrected chi connectivity index (χ4v) is 5.23. The Labute approximate surface area is 178 Å². The second-order valence-electron chi connectivity index (χ2n) is 10.2. The van der Waals surface area contributed by atoms with Crippen molar-refractivity contribution in [1.82, 2.24) is 0 Å². The molecule has 29 heavy (non-hydrogen) atoms. The van der Waals surface area contributed by atoms with Crippen molar-refractivity contribution >= 4 is 8.32 Å². The number of aliphatic hydroxyl groups is 2. The Morgan fingerprint density at radius 2 is 1.69 bits per heavy atom. The van der Waals surface area contributed by atoms with E-state index >= 15 is 0 Å². The van der Waals surface area contributed by atoms with Crippen LogP contribution in [0.3, 0.4) is 0 Å². The van der Waals surface area contributed by atoms with E-state index in [2.05, 4.69) is 33.9 Å². The summed E-state index contributed by atoms with van der Waals surface area (Å²) in [5.74, 6) is 0.604. The minimum atomic E-state index is -2.05.